The van der Waals surface area contributed by atoms with Crippen molar-refractivity contribution >= 4 is 22.5 Å². The van der Waals surface area contributed by atoms with Gasteiger partial charge in [0.1, 0.15) is 0 Å². The Morgan fingerprint density at radius 3 is 3.25 bits per heavy atom. The lowest BCUT2D eigenvalue weighted by molar-refractivity contribution is -0.0222. The second kappa shape index (κ2) is 5.97. The molecule has 1 aliphatic rings. The first-order valence-corrected chi connectivity index (χ1v) is 7.10. The van der Waals surface area contributed by atoms with Crippen LogP contribution in [0.25, 0.3) is 0 Å². The molecule has 2 aromatic heterocycles. The Bertz CT molecular complexity index is 543. The van der Waals surface area contributed by atoms with Crippen molar-refractivity contribution in [2.45, 2.75) is 12.6 Å². The molecule has 20 heavy (non-hydrogen) atoms. The van der Waals surface area contributed by atoms with Crippen LogP contribution in [0.1, 0.15) is 0 Å². The van der Waals surface area contributed by atoms with Gasteiger partial charge in [-0.2, -0.15) is 0 Å². The highest BCUT2D eigenvalue weighted by atomic mass is 32.1. The minimum atomic E-state index is -0.146. The number of aromatic nitrogens is 4. The number of urea groups is 1. The van der Waals surface area contributed by atoms with Gasteiger partial charge in [-0.15, -0.1) is 16.4 Å². The molecule has 8 nitrogen and oxygen atoms in total. The van der Waals surface area contributed by atoms with E-state index in [1.165, 1.54) is 11.3 Å². The van der Waals surface area contributed by atoms with E-state index in [2.05, 4.69) is 20.6 Å². The van der Waals surface area contributed by atoms with Crippen molar-refractivity contribution in [3.8, 4) is 0 Å². The van der Waals surface area contributed by atoms with E-state index in [4.69, 9.17) is 4.74 Å². The Labute approximate surface area is 119 Å². The van der Waals surface area contributed by atoms with Crippen LogP contribution in [0.15, 0.2) is 24.0 Å². The highest BCUT2D eigenvalue weighted by molar-refractivity contribution is 7.13. The van der Waals surface area contributed by atoms with Crippen molar-refractivity contribution in [1.82, 2.24) is 24.9 Å². The van der Waals surface area contributed by atoms with Crippen LogP contribution in [-0.2, 0) is 11.3 Å². The Kier molecular flexibility index (Phi) is 3.88. The van der Waals surface area contributed by atoms with Gasteiger partial charge in [-0.3, -0.25) is 5.32 Å². The topological polar surface area (TPSA) is 85.2 Å². The zero-order valence-electron chi connectivity index (χ0n) is 10.7. The Balaban J connectivity index is 1.56. The standard InChI is InChI=1S/C11H14N6O2S/c18-11(14-10-12-2-6-20-10)16-4-5-19-9(7-16)8-17-3-1-13-15-17/h1-3,6,9H,4-5,7-8H2,(H,12,14,18). The third kappa shape index (κ3) is 3.11. The number of rotatable bonds is 3. The van der Waals surface area contributed by atoms with Gasteiger partial charge in [-0.25, -0.2) is 14.5 Å². The van der Waals surface area contributed by atoms with Crippen LogP contribution in [0, 0.1) is 0 Å². The highest BCUT2D eigenvalue weighted by Crippen LogP contribution is 2.13. The summed E-state index contributed by atoms with van der Waals surface area (Å²) in [5, 5.41) is 12.9. The number of hydrogen-bond donors (Lipinski definition) is 1. The monoisotopic (exact) mass is 294 g/mol. The fourth-order valence-electron chi connectivity index (χ4n) is 2.01. The molecule has 0 spiro atoms. The second-order valence-corrected chi connectivity index (χ2v) is 5.23. The first kappa shape index (κ1) is 13.0. The lowest BCUT2D eigenvalue weighted by Gasteiger charge is -2.32. The predicted octanol–water partition coefficient (Wildman–Crippen LogP) is 0.667. The molecule has 2 amide bonds. The molecule has 3 heterocycles. The molecule has 3 rings (SSSR count). The van der Waals surface area contributed by atoms with Gasteiger partial charge >= 0.3 is 6.03 Å². The molecule has 1 atom stereocenters. The highest BCUT2D eigenvalue weighted by Gasteiger charge is 2.25. The summed E-state index contributed by atoms with van der Waals surface area (Å²) in [7, 11) is 0. The molecule has 1 aliphatic heterocycles. The molecular formula is C11H14N6O2S. The number of anilines is 1. The van der Waals surface area contributed by atoms with Crippen molar-refractivity contribution in [3.05, 3.63) is 24.0 Å². The number of thiazole rings is 1. The normalized spacial score (nSPS) is 19.0. The van der Waals surface area contributed by atoms with Crippen molar-refractivity contribution in [1.29, 1.82) is 0 Å². The van der Waals surface area contributed by atoms with E-state index in [-0.39, 0.29) is 12.1 Å². The summed E-state index contributed by atoms with van der Waals surface area (Å²) in [6.45, 7) is 2.20. The molecule has 2 aromatic rings. The average Bonchev–Trinajstić information content (AvgIpc) is 3.12. The van der Waals surface area contributed by atoms with Gasteiger partial charge < -0.3 is 9.64 Å². The van der Waals surface area contributed by atoms with E-state index in [9.17, 15) is 4.79 Å². The van der Waals surface area contributed by atoms with Crippen LogP contribution in [0.5, 0.6) is 0 Å². The number of carbonyl (C=O) groups excluding carboxylic acids is 1. The van der Waals surface area contributed by atoms with Crippen molar-refractivity contribution in [2.75, 3.05) is 25.0 Å². The maximum absolute atomic E-state index is 12.1. The first-order valence-electron chi connectivity index (χ1n) is 6.22. The fourth-order valence-corrected chi connectivity index (χ4v) is 2.53. The Morgan fingerprint density at radius 1 is 1.55 bits per heavy atom. The summed E-state index contributed by atoms with van der Waals surface area (Å²) >= 11 is 1.40. The molecule has 0 saturated carbocycles. The number of nitrogens with zero attached hydrogens (tertiary/aromatic N) is 5. The number of carbonyl (C=O) groups is 1. The van der Waals surface area contributed by atoms with Crippen LogP contribution >= 0.6 is 11.3 Å². The summed E-state index contributed by atoms with van der Waals surface area (Å²) in [4.78, 5) is 17.9. The predicted molar refractivity (Wildman–Crippen MR) is 72.5 cm³/mol. The van der Waals surface area contributed by atoms with Crippen LogP contribution < -0.4 is 5.32 Å². The SMILES string of the molecule is O=C(Nc1nccs1)N1CCOC(Cn2ccnn2)C1. The Morgan fingerprint density at radius 2 is 2.50 bits per heavy atom. The van der Waals surface area contributed by atoms with E-state index in [1.54, 1.807) is 28.2 Å². The van der Waals surface area contributed by atoms with Crippen LogP contribution in [0.4, 0.5) is 9.93 Å². The molecule has 0 bridgehead atoms. The van der Waals surface area contributed by atoms with Gasteiger partial charge in [0, 0.05) is 24.3 Å². The van der Waals surface area contributed by atoms with Crippen molar-refractivity contribution < 1.29 is 9.53 Å². The molecule has 0 radical (unpaired) electrons. The molecule has 9 heteroatoms. The summed E-state index contributed by atoms with van der Waals surface area (Å²) in [6, 6.07) is -0.146. The molecule has 1 fully saturated rings. The van der Waals surface area contributed by atoms with E-state index in [1.807, 2.05) is 5.38 Å². The zero-order valence-corrected chi connectivity index (χ0v) is 11.5. The minimum Gasteiger partial charge on any atom is -0.373 e. The number of ether oxygens (including phenoxy) is 1. The van der Waals surface area contributed by atoms with Gasteiger partial charge in [0.2, 0.25) is 0 Å². The number of hydrogen-bond acceptors (Lipinski definition) is 6. The van der Waals surface area contributed by atoms with E-state index < -0.39 is 0 Å². The maximum Gasteiger partial charge on any atom is 0.323 e. The van der Waals surface area contributed by atoms with Crippen molar-refractivity contribution in [3.63, 3.8) is 0 Å². The smallest absolute Gasteiger partial charge is 0.323 e. The van der Waals surface area contributed by atoms with Gasteiger partial charge in [-0.05, 0) is 0 Å². The number of amides is 2. The lowest BCUT2D eigenvalue weighted by Crippen LogP contribution is -2.48. The maximum atomic E-state index is 12.1. The van der Waals surface area contributed by atoms with Crippen LogP contribution in [-0.4, -0.2) is 56.7 Å². The third-order valence-electron chi connectivity index (χ3n) is 2.93. The van der Waals surface area contributed by atoms with Crippen molar-refractivity contribution in [2.24, 2.45) is 0 Å². The van der Waals surface area contributed by atoms with Gasteiger partial charge in [0.25, 0.3) is 0 Å². The molecule has 0 aromatic carbocycles. The van der Waals surface area contributed by atoms with Gasteiger partial charge in [0.05, 0.1) is 32.0 Å². The van der Waals surface area contributed by atoms with Gasteiger partial charge in [0.15, 0.2) is 5.13 Å². The fraction of sp³-hybridized carbons (Fsp3) is 0.455. The van der Waals surface area contributed by atoms with E-state index in [0.717, 1.165) is 0 Å². The first-order chi connectivity index (χ1) is 9.81. The number of nitrogens with one attached hydrogen (secondary N) is 1. The molecule has 1 unspecified atom stereocenters. The molecule has 1 saturated heterocycles. The molecule has 0 aliphatic carbocycles. The summed E-state index contributed by atoms with van der Waals surface area (Å²) in [6.07, 6.45) is 4.98. The Hall–Kier alpha value is -2.00. The minimum absolute atomic E-state index is 0.0764. The lowest BCUT2D eigenvalue weighted by atomic mass is 10.3. The van der Waals surface area contributed by atoms with Crippen LogP contribution in [0.2, 0.25) is 0 Å². The molecule has 1 N–H and O–H groups in total. The number of morpholine rings is 1. The van der Waals surface area contributed by atoms with Gasteiger partial charge in [-0.1, -0.05) is 5.21 Å². The summed E-state index contributed by atoms with van der Waals surface area (Å²) in [5.74, 6) is 0. The zero-order chi connectivity index (χ0) is 13.8. The second-order valence-electron chi connectivity index (χ2n) is 4.33. The molecule has 106 valence electrons. The van der Waals surface area contributed by atoms with E-state index >= 15 is 0 Å². The quantitative estimate of drug-likeness (QED) is 0.899. The third-order valence-corrected chi connectivity index (χ3v) is 3.62. The average molecular weight is 294 g/mol. The molecular weight excluding hydrogens is 280 g/mol. The van der Waals surface area contributed by atoms with E-state index in [0.29, 0.717) is 31.4 Å². The summed E-state index contributed by atoms with van der Waals surface area (Å²) in [5.41, 5.74) is 0. The largest absolute Gasteiger partial charge is 0.373 e. The summed E-state index contributed by atoms with van der Waals surface area (Å²) < 4.78 is 7.34. The van der Waals surface area contributed by atoms with Crippen LogP contribution in [0.3, 0.4) is 0 Å².